The van der Waals surface area contributed by atoms with Crippen LogP contribution in [0.2, 0.25) is 0 Å². The van der Waals surface area contributed by atoms with E-state index in [0.717, 1.165) is 24.4 Å². The van der Waals surface area contributed by atoms with Gasteiger partial charge in [0.2, 0.25) is 0 Å². The average Bonchev–Trinajstić information content (AvgIpc) is 3.07. The van der Waals surface area contributed by atoms with E-state index in [1.54, 1.807) is 17.8 Å². The van der Waals surface area contributed by atoms with Gasteiger partial charge in [-0.25, -0.2) is 0 Å². The number of ether oxygens (including phenoxy) is 1. The number of nitrogens with zero attached hydrogens (tertiary/aromatic N) is 1. The summed E-state index contributed by atoms with van der Waals surface area (Å²) in [6.07, 6.45) is 3.91. The molecule has 1 saturated carbocycles. The summed E-state index contributed by atoms with van der Waals surface area (Å²) in [5, 5.41) is 10.3. The van der Waals surface area contributed by atoms with Crippen LogP contribution in [0.4, 0.5) is 0 Å². The molecule has 2 unspecified atom stereocenters. The molecule has 0 bridgehead atoms. The van der Waals surface area contributed by atoms with E-state index in [0.29, 0.717) is 38.4 Å². The Balaban J connectivity index is 1.58. The number of thioether (sulfide) groups is 1. The van der Waals surface area contributed by atoms with Crippen LogP contribution in [-0.4, -0.2) is 60.6 Å². The van der Waals surface area contributed by atoms with Crippen LogP contribution < -0.4 is 5.73 Å². The van der Waals surface area contributed by atoms with Gasteiger partial charge in [-0.05, 0) is 31.2 Å². The second kappa shape index (κ2) is 7.47. The van der Waals surface area contributed by atoms with Gasteiger partial charge < -0.3 is 24.9 Å². The number of hydrogen-bond donors (Lipinski definition) is 2. The van der Waals surface area contributed by atoms with Gasteiger partial charge in [-0.3, -0.25) is 4.79 Å². The van der Waals surface area contributed by atoms with E-state index in [1.165, 1.54) is 0 Å². The van der Waals surface area contributed by atoms with Crippen LogP contribution in [0.3, 0.4) is 0 Å². The van der Waals surface area contributed by atoms with Crippen molar-refractivity contribution in [1.29, 1.82) is 0 Å². The Hall–Kier alpha value is -1.02. The minimum absolute atomic E-state index is 0.0603. The molecule has 2 aliphatic rings. The number of rotatable bonds is 6. The van der Waals surface area contributed by atoms with Crippen LogP contribution in [-0.2, 0) is 10.5 Å². The Morgan fingerprint density at radius 1 is 1.50 bits per heavy atom. The van der Waals surface area contributed by atoms with E-state index in [-0.39, 0.29) is 23.5 Å². The van der Waals surface area contributed by atoms with E-state index >= 15 is 0 Å². The summed E-state index contributed by atoms with van der Waals surface area (Å²) in [6.45, 7) is 2.25. The lowest BCUT2D eigenvalue weighted by molar-refractivity contribution is -0.208. The summed E-state index contributed by atoms with van der Waals surface area (Å²) in [5.41, 5.74) is 5.30. The molecule has 1 amide bonds. The number of carbonyl (C=O) groups is 1. The van der Waals surface area contributed by atoms with Crippen LogP contribution in [0.5, 0.6) is 0 Å². The zero-order valence-corrected chi connectivity index (χ0v) is 14.9. The monoisotopic (exact) mass is 354 g/mol. The smallest absolute Gasteiger partial charge is 0.289 e. The number of piperidine rings is 1. The quantitative estimate of drug-likeness (QED) is 0.804. The molecule has 24 heavy (non-hydrogen) atoms. The predicted octanol–water partition coefficient (Wildman–Crippen LogP) is 1.47. The number of nitrogens with two attached hydrogens (primary N) is 1. The molecule has 2 heterocycles. The van der Waals surface area contributed by atoms with Gasteiger partial charge in [-0.15, -0.1) is 0 Å². The van der Waals surface area contributed by atoms with Crippen LogP contribution >= 0.6 is 11.8 Å². The summed E-state index contributed by atoms with van der Waals surface area (Å²) in [4.78, 5) is 14.4. The zero-order chi connectivity index (χ0) is 17.2. The molecule has 6 nitrogen and oxygen atoms in total. The van der Waals surface area contributed by atoms with Gasteiger partial charge in [0.15, 0.2) is 5.76 Å². The number of carbonyl (C=O) groups excluding carboxylic acids is 1. The van der Waals surface area contributed by atoms with Crippen molar-refractivity contribution in [1.82, 2.24) is 4.90 Å². The van der Waals surface area contributed by atoms with Gasteiger partial charge in [0, 0.05) is 31.5 Å². The van der Waals surface area contributed by atoms with Crippen molar-refractivity contribution in [2.24, 2.45) is 11.1 Å². The van der Waals surface area contributed by atoms with Crippen molar-refractivity contribution in [3.05, 3.63) is 23.7 Å². The fourth-order valence-electron chi connectivity index (χ4n) is 3.82. The number of amides is 1. The van der Waals surface area contributed by atoms with Crippen LogP contribution in [0, 0.1) is 5.41 Å². The Morgan fingerprint density at radius 3 is 2.88 bits per heavy atom. The number of hydrogen-bond acceptors (Lipinski definition) is 6. The standard InChI is InChI=1S/C17H26N2O4S/c1-24-11-12-2-3-13(23-12)16(21)19-7-4-17(5-8-19)14(20)10-15(17)22-9-6-18/h2-3,14-15,20H,4-11,18H2,1H3. The molecule has 1 aromatic rings. The SMILES string of the molecule is CSCc1ccc(C(=O)N2CCC3(CC2)C(O)CC3OCCN)o1. The molecule has 0 aromatic carbocycles. The Kier molecular flexibility index (Phi) is 5.54. The third kappa shape index (κ3) is 3.22. The highest BCUT2D eigenvalue weighted by molar-refractivity contribution is 7.97. The summed E-state index contributed by atoms with van der Waals surface area (Å²) < 4.78 is 11.4. The third-order valence-corrected chi connectivity index (χ3v) is 5.89. The van der Waals surface area contributed by atoms with Crippen molar-refractivity contribution >= 4 is 17.7 Å². The number of aliphatic hydroxyl groups is 1. The number of furan rings is 1. The van der Waals surface area contributed by atoms with Crippen LogP contribution in [0.25, 0.3) is 0 Å². The molecule has 1 saturated heterocycles. The summed E-state index contributed by atoms with van der Waals surface area (Å²) in [6, 6.07) is 3.62. The second-order valence-electron chi connectivity index (χ2n) is 6.62. The van der Waals surface area contributed by atoms with E-state index in [1.807, 2.05) is 17.2 Å². The van der Waals surface area contributed by atoms with Crippen LogP contribution in [0.15, 0.2) is 16.5 Å². The molecule has 1 aromatic heterocycles. The lowest BCUT2D eigenvalue weighted by Gasteiger charge is -2.56. The zero-order valence-electron chi connectivity index (χ0n) is 14.1. The molecule has 7 heteroatoms. The highest BCUT2D eigenvalue weighted by Gasteiger charge is 2.56. The Morgan fingerprint density at radius 2 is 2.25 bits per heavy atom. The average molecular weight is 354 g/mol. The summed E-state index contributed by atoms with van der Waals surface area (Å²) in [7, 11) is 0. The van der Waals surface area contributed by atoms with Crippen molar-refractivity contribution in [2.75, 3.05) is 32.5 Å². The molecule has 134 valence electrons. The maximum atomic E-state index is 12.6. The first kappa shape index (κ1) is 17.8. The lowest BCUT2D eigenvalue weighted by atomic mass is 9.58. The highest BCUT2D eigenvalue weighted by Crippen LogP contribution is 2.51. The Bertz CT molecular complexity index is 569. The lowest BCUT2D eigenvalue weighted by Crippen LogP contribution is -2.62. The molecular weight excluding hydrogens is 328 g/mol. The van der Waals surface area contributed by atoms with E-state index in [9.17, 15) is 9.90 Å². The molecule has 1 aliphatic heterocycles. The first-order chi connectivity index (χ1) is 11.6. The number of aliphatic hydroxyl groups excluding tert-OH is 1. The van der Waals surface area contributed by atoms with Crippen LogP contribution in [0.1, 0.15) is 35.6 Å². The minimum atomic E-state index is -0.339. The van der Waals surface area contributed by atoms with E-state index in [2.05, 4.69) is 0 Å². The van der Waals surface area contributed by atoms with E-state index in [4.69, 9.17) is 14.9 Å². The largest absolute Gasteiger partial charge is 0.455 e. The minimum Gasteiger partial charge on any atom is -0.455 e. The molecule has 2 fully saturated rings. The van der Waals surface area contributed by atoms with Crippen molar-refractivity contribution < 1.29 is 19.1 Å². The van der Waals surface area contributed by atoms with Crippen molar-refractivity contribution in [2.45, 2.75) is 37.2 Å². The Labute approximate surface area is 146 Å². The van der Waals surface area contributed by atoms with Gasteiger partial charge in [-0.2, -0.15) is 11.8 Å². The van der Waals surface area contributed by atoms with E-state index < -0.39 is 0 Å². The van der Waals surface area contributed by atoms with Gasteiger partial charge in [-0.1, -0.05) is 0 Å². The molecule has 1 aliphatic carbocycles. The molecule has 0 radical (unpaired) electrons. The molecule has 3 N–H and O–H groups in total. The molecular formula is C17H26N2O4S. The number of likely N-dealkylation sites (tertiary alicyclic amines) is 1. The first-order valence-electron chi connectivity index (χ1n) is 8.47. The predicted molar refractivity (Wildman–Crippen MR) is 92.9 cm³/mol. The van der Waals surface area contributed by atoms with Gasteiger partial charge >= 0.3 is 0 Å². The maximum Gasteiger partial charge on any atom is 0.289 e. The topological polar surface area (TPSA) is 88.9 Å². The summed E-state index contributed by atoms with van der Waals surface area (Å²) in [5.74, 6) is 1.93. The van der Waals surface area contributed by atoms with Crippen molar-refractivity contribution in [3.8, 4) is 0 Å². The van der Waals surface area contributed by atoms with Crippen molar-refractivity contribution in [3.63, 3.8) is 0 Å². The second-order valence-corrected chi connectivity index (χ2v) is 7.49. The first-order valence-corrected chi connectivity index (χ1v) is 9.87. The molecule has 3 rings (SSSR count). The van der Waals surface area contributed by atoms with Gasteiger partial charge in [0.25, 0.3) is 5.91 Å². The third-order valence-electron chi connectivity index (χ3n) is 5.32. The maximum absolute atomic E-state index is 12.6. The van der Waals surface area contributed by atoms with Gasteiger partial charge in [0.05, 0.1) is 24.6 Å². The highest BCUT2D eigenvalue weighted by atomic mass is 32.2. The molecule has 1 spiro atoms. The van der Waals surface area contributed by atoms with Gasteiger partial charge in [0.1, 0.15) is 5.76 Å². The molecule has 2 atom stereocenters. The summed E-state index contributed by atoms with van der Waals surface area (Å²) >= 11 is 1.66. The normalized spacial score (nSPS) is 25.7. The fraction of sp³-hybridized carbons (Fsp3) is 0.706. The fourth-order valence-corrected chi connectivity index (χ4v) is 4.26.